The lowest BCUT2D eigenvalue weighted by Crippen LogP contribution is -2.46. The first-order valence-corrected chi connectivity index (χ1v) is 10.2. The van der Waals surface area contributed by atoms with E-state index in [0.717, 1.165) is 16.7 Å². The second-order valence-corrected chi connectivity index (χ2v) is 8.77. The molecule has 26 heavy (non-hydrogen) atoms. The molecule has 1 N–H and O–H groups in total. The van der Waals surface area contributed by atoms with Crippen molar-refractivity contribution in [2.45, 2.75) is 44.6 Å². The van der Waals surface area contributed by atoms with Crippen LogP contribution in [0, 0.1) is 20.8 Å². The molecule has 0 radical (unpaired) electrons. The minimum absolute atomic E-state index is 0.0572. The second-order valence-electron chi connectivity index (χ2n) is 6.83. The Bertz CT molecular complexity index is 909. The van der Waals surface area contributed by atoms with Gasteiger partial charge in [0, 0.05) is 24.7 Å². The van der Waals surface area contributed by atoms with Crippen LogP contribution >= 0.6 is 0 Å². The molecule has 1 fully saturated rings. The van der Waals surface area contributed by atoms with Crippen molar-refractivity contribution in [1.29, 1.82) is 0 Å². The Balaban J connectivity index is 1.63. The average molecular weight is 376 g/mol. The third kappa shape index (κ3) is 3.68. The molecule has 0 unspecified atom stereocenters. The van der Waals surface area contributed by atoms with E-state index in [4.69, 9.17) is 4.42 Å². The molecule has 1 amide bonds. The summed E-state index contributed by atoms with van der Waals surface area (Å²) in [7, 11) is -3.50. The van der Waals surface area contributed by atoms with Crippen molar-refractivity contribution in [2.75, 3.05) is 13.1 Å². The van der Waals surface area contributed by atoms with E-state index < -0.39 is 10.0 Å². The summed E-state index contributed by atoms with van der Waals surface area (Å²) < 4.78 is 32.4. The summed E-state index contributed by atoms with van der Waals surface area (Å²) in [5.74, 6) is 0.0677. The van der Waals surface area contributed by atoms with Crippen molar-refractivity contribution < 1.29 is 17.6 Å². The fourth-order valence-electron chi connectivity index (χ4n) is 3.12. The zero-order chi connectivity index (χ0) is 18.9. The fraction of sp³-hybridized carbons (Fsp3) is 0.421. The van der Waals surface area contributed by atoms with Gasteiger partial charge in [-0.2, -0.15) is 4.31 Å². The Kier molecular flexibility index (Phi) is 5.20. The first-order chi connectivity index (χ1) is 12.3. The highest BCUT2D eigenvalue weighted by atomic mass is 32.2. The summed E-state index contributed by atoms with van der Waals surface area (Å²) in [6.07, 6.45) is 2.65. The van der Waals surface area contributed by atoms with Crippen LogP contribution in [0.3, 0.4) is 0 Å². The summed E-state index contributed by atoms with van der Waals surface area (Å²) >= 11 is 0. The van der Waals surface area contributed by atoms with Crippen molar-refractivity contribution >= 4 is 15.9 Å². The SMILES string of the molecule is Cc1ccc(S(=O)(=O)N2CCC(NC(=O)c3occc3C)CC2)cc1C. The molecule has 6 nitrogen and oxygen atoms in total. The molecule has 1 saturated heterocycles. The predicted molar refractivity (Wildman–Crippen MR) is 98.6 cm³/mol. The third-order valence-corrected chi connectivity index (χ3v) is 6.87. The molecule has 140 valence electrons. The standard InChI is InChI=1S/C19H24N2O4S/c1-13-4-5-17(12-15(13)3)26(23,24)21-9-6-16(7-10-21)20-19(22)18-14(2)8-11-25-18/h4-5,8,11-12,16H,6-7,9-10H2,1-3H3,(H,20,22). The van der Waals surface area contributed by atoms with Crippen LogP contribution in [-0.4, -0.2) is 37.8 Å². The number of carbonyl (C=O) groups is 1. The van der Waals surface area contributed by atoms with E-state index in [1.54, 1.807) is 18.2 Å². The predicted octanol–water partition coefficient (Wildman–Crippen LogP) is 2.79. The summed E-state index contributed by atoms with van der Waals surface area (Å²) in [6, 6.07) is 6.90. The molecule has 7 heteroatoms. The molecule has 3 rings (SSSR count). The number of benzene rings is 1. The highest BCUT2D eigenvalue weighted by Gasteiger charge is 2.30. The summed E-state index contributed by atoms with van der Waals surface area (Å²) in [5.41, 5.74) is 2.82. The van der Waals surface area contributed by atoms with E-state index in [0.29, 0.717) is 36.6 Å². The van der Waals surface area contributed by atoms with Gasteiger partial charge < -0.3 is 9.73 Å². The smallest absolute Gasteiger partial charge is 0.287 e. The van der Waals surface area contributed by atoms with Gasteiger partial charge in [-0.25, -0.2) is 8.42 Å². The number of nitrogens with one attached hydrogen (secondary N) is 1. The summed E-state index contributed by atoms with van der Waals surface area (Å²) in [5, 5.41) is 2.94. The lowest BCUT2D eigenvalue weighted by atomic mass is 10.1. The Labute approximate surface area is 154 Å². The quantitative estimate of drug-likeness (QED) is 0.890. The van der Waals surface area contributed by atoms with Crippen molar-refractivity contribution in [3.05, 3.63) is 53.0 Å². The number of rotatable bonds is 4. The van der Waals surface area contributed by atoms with Gasteiger partial charge in [0.15, 0.2) is 5.76 Å². The van der Waals surface area contributed by atoms with Crippen molar-refractivity contribution in [1.82, 2.24) is 9.62 Å². The Morgan fingerprint density at radius 3 is 2.35 bits per heavy atom. The fourth-order valence-corrected chi connectivity index (χ4v) is 4.68. The summed E-state index contributed by atoms with van der Waals surface area (Å²) in [4.78, 5) is 12.6. The zero-order valence-electron chi connectivity index (χ0n) is 15.3. The molecular formula is C19H24N2O4S. The van der Waals surface area contributed by atoms with Crippen molar-refractivity contribution in [3.8, 4) is 0 Å². The largest absolute Gasteiger partial charge is 0.459 e. The van der Waals surface area contributed by atoms with Gasteiger partial charge in [-0.15, -0.1) is 0 Å². The minimum atomic E-state index is -3.50. The molecule has 1 aromatic carbocycles. The number of aryl methyl sites for hydroxylation is 3. The van der Waals surface area contributed by atoms with Crippen LogP contribution < -0.4 is 5.32 Å². The van der Waals surface area contributed by atoms with Crippen LogP contribution in [0.25, 0.3) is 0 Å². The summed E-state index contributed by atoms with van der Waals surface area (Å²) in [6.45, 7) is 6.46. The van der Waals surface area contributed by atoms with Gasteiger partial charge in [-0.3, -0.25) is 4.79 Å². The first-order valence-electron chi connectivity index (χ1n) is 8.71. The number of carbonyl (C=O) groups excluding carboxylic acids is 1. The van der Waals surface area contributed by atoms with Gasteiger partial charge in [0.2, 0.25) is 10.0 Å². The van der Waals surface area contributed by atoms with Gasteiger partial charge >= 0.3 is 0 Å². The lowest BCUT2D eigenvalue weighted by molar-refractivity contribution is 0.0895. The number of nitrogens with zero attached hydrogens (tertiary/aromatic N) is 1. The molecule has 2 aromatic rings. The van der Waals surface area contributed by atoms with Crippen LogP contribution in [0.4, 0.5) is 0 Å². The number of hydrogen-bond acceptors (Lipinski definition) is 4. The van der Waals surface area contributed by atoms with Crippen molar-refractivity contribution in [2.24, 2.45) is 0 Å². The molecule has 1 aliphatic heterocycles. The minimum Gasteiger partial charge on any atom is -0.459 e. The molecule has 0 spiro atoms. The molecule has 2 heterocycles. The Morgan fingerprint density at radius 1 is 1.08 bits per heavy atom. The number of piperidine rings is 1. The van der Waals surface area contributed by atoms with Crippen LogP contribution in [0.2, 0.25) is 0 Å². The molecule has 0 aliphatic carbocycles. The average Bonchev–Trinajstić information content (AvgIpc) is 3.04. The number of furan rings is 1. The van der Waals surface area contributed by atoms with Crippen molar-refractivity contribution in [3.63, 3.8) is 0 Å². The van der Waals surface area contributed by atoms with Gasteiger partial charge in [0.05, 0.1) is 11.2 Å². The van der Waals surface area contributed by atoms with E-state index in [9.17, 15) is 13.2 Å². The maximum Gasteiger partial charge on any atom is 0.287 e. The normalized spacial score (nSPS) is 16.6. The highest BCUT2D eigenvalue weighted by Crippen LogP contribution is 2.23. The van der Waals surface area contributed by atoms with Crippen LogP contribution in [0.5, 0.6) is 0 Å². The molecule has 1 aromatic heterocycles. The van der Waals surface area contributed by atoms with Crippen LogP contribution in [0.1, 0.15) is 40.1 Å². The molecular weight excluding hydrogens is 352 g/mol. The van der Waals surface area contributed by atoms with Crippen LogP contribution in [0.15, 0.2) is 39.8 Å². The van der Waals surface area contributed by atoms with Crippen LogP contribution in [-0.2, 0) is 10.0 Å². The molecule has 0 saturated carbocycles. The van der Waals surface area contributed by atoms with E-state index in [1.807, 2.05) is 26.8 Å². The van der Waals surface area contributed by atoms with E-state index in [-0.39, 0.29) is 11.9 Å². The topological polar surface area (TPSA) is 79.6 Å². The number of sulfonamides is 1. The lowest BCUT2D eigenvalue weighted by Gasteiger charge is -2.31. The Morgan fingerprint density at radius 2 is 1.77 bits per heavy atom. The molecule has 1 aliphatic rings. The molecule has 0 bridgehead atoms. The van der Waals surface area contributed by atoms with Gasteiger partial charge in [0.25, 0.3) is 5.91 Å². The zero-order valence-corrected chi connectivity index (χ0v) is 16.1. The maximum absolute atomic E-state index is 12.8. The van der Waals surface area contributed by atoms with Gasteiger partial charge in [-0.05, 0) is 62.9 Å². The third-order valence-electron chi connectivity index (χ3n) is 4.97. The monoisotopic (exact) mass is 376 g/mol. The molecule has 0 atom stereocenters. The maximum atomic E-state index is 12.8. The Hall–Kier alpha value is -2.12. The van der Waals surface area contributed by atoms with Gasteiger partial charge in [-0.1, -0.05) is 6.07 Å². The number of hydrogen-bond donors (Lipinski definition) is 1. The first kappa shape index (κ1) is 18.7. The van der Waals surface area contributed by atoms with E-state index >= 15 is 0 Å². The van der Waals surface area contributed by atoms with Gasteiger partial charge in [0.1, 0.15) is 0 Å². The van der Waals surface area contributed by atoms with E-state index in [2.05, 4.69) is 5.32 Å². The van der Waals surface area contributed by atoms with E-state index in [1.165, 1.54) is 10.6 Å². The number of amides is 1. The second kappa shape index (κ2) is 7.25. The highest BCUT2D eigenvalue weighted by molar-refractivity contribution is 7.89.